The lowest BCUT2D eigenvalue weighted by molar-refractivity contribution is -0.892. The van der Waals surface area contributed by atoms with Gasteiger partial charge < -0.3 is 15.1 Å². The van der Waals surface area contributed by atoms with Gasteiger partial charge in [0.25, 0.3) is 0 Å². The topological polar surface area (TPSA) is 44.9 Å². The fourth-order valence-electron chi connectivity index (χ4n) is 4.42. The molecule has 1 aliphatic rings. The van der Waals surface area contributed by atoms with E-state index < -0.39 is 5.60 Å². The molecule has 2 aromatic rings. The summed E-state index contributed by atoms with van der Waals surface area (Å²) < 4.78 is 0. The van der Waals surface area contributed by atoms with E-state index in [1.165, 1.54) is 23.3 Å². The first-order chi connectivity index (χ1) is 14.2. The van der Waals surface area contributed by atoms with Crippen molar-refractivity contribution >= 4 is 0 Å². The summed E-state index contributed by atoms with van der Waals surface area (Å²) in [5.74, 6) is 6.87. The van der Waals surface area contributed by atoms with Gasteiger partial charge in [0.1, 0.15) is 18.7 Å². The SMILES string of the molecule is OCC[NH+](CC#CC[C@](O)(c1ccccc1)C1CCCC1)CCc1ccccc1. The molecule has 3 N–H and O–H groups in total. The number of hydrogen-bond donors (Lipinski definition) is 3. The Morgan fingerprint density at radius 2 is 1.55 bits per heavy atom. The van der Waals surface area contributed by atoms with Crippen molar-refractivity contribution in [3.8, 4) is 11.8 Å². The maximum absolute atomic E-state index is 11.6. The summed E-state index contributed by atoms with van der Waals surface area (Å²) in [5, 5.41) is 21.0. The van der Waals surface area contributed by atoms with Gasteiger partial charge in [0.05, 0.1) is 13.2 Å². The van der Waals surface area contributed by atoms with Gasteiger partial charge in [-0.25, -0.2) is 0 Å². The highest BCUT2D eigenvalue weighted by Crippen LogP contribution is 2.42. The van der Waals surface area contributed by atoms with Crippen molar-refractivity contribution < 1.29 is 15.1 Å². The summed E-state index contributed by atoms with van der Waals surface area (Å²) in [5.41, 5.74) is 1.45. The Morgan fingerprint density at radius 1 is 0.897 bits per heavy atom. The normalized spacial score (nSPS) is 17.3. The fourth-order valence-corrected chi connectivity index (χ4v) is 4.42. The van der Waals surface area contributed by atoms with Gasteiger partial charge in [-0.2, -0.15) is 0 Å². The number of quaternary nitrogens is 1. The molecule has 1 unspecified atom stereocenters. The Labute approximate surface area is 175 Å². The van der Waals surface area contributed by atoms with Gasteiger partial charge in [-0.1, -0.05) is 79.4 Å². The maximum Gasteiger partial charge on any atom is 0.139 e. The minimum atomic E-state index is -0.855. The van der Waals surface area contributed by atoms with Gasteiger partial charge in [0.15, 0.2) is 0 Å². The quantitative estimate of drug-likeness (QED) is 0.575. The third-order valence-corrected chi connectivity index (χ3v) is 6.20. The van der Waals surface area contributed by atoms with Crippen LogP contribution in [0.4, 0.5) is 0 Å². The van der Waals surface area contributed by atoms with Gasteiger partial charge in [-0.15, -0.1) is 0 Å². The van der Waals surface area contributed by atoms with E-state index in [-0.39, 0.29) is 12.5 Å². The summed E-state index contributed by atoms with van der Waals surface area (Å²) in [7, 11) is 0. The Balaban J connectivity index is 1.61. The molecule has 154 valence electrons. The van der Waals surface area contributed by atoms with Gasteiger partial charge in [-0.3, -0.25) is 0 Å². The third kappa shape index (κ3) is 6.18. The molecule has 29 heavy (non-hydrogen) atoms. The zero-order valence-corrected chi connectivity index (χ0v) is 17.3. The smallest absolute Gasteiger partial charge is 0.139 e. The van der Waals surface area contributed by atoms with Gasteiger partial charge >= 0.3 is 0 Å². The van der Waals surface area contributed by atoms with Crippen LogP contribution in [0.1, 0.15) is 43.2 Å². The number of aliphatic hydroxyl groups is 2. The Bertz CT molecular complexity index is 775. The molecule has 1 aliphatic carbocycles. The summed E-state index contributed by atoms with van der Waals surface area (Å²) in [6.07, 6.45) is 6.00. The van der Waals surface area contributed by atoms with Crippen LogP contribution >= 0.6 is 0 Å². The monoisotopic (exact) mass is 392 g/mol. The zero-order valence-electron chi connectivity index (χ0n) is 17.3. The van der Waals surface area contributed by atoms with E-state index in [9.17, 15) is 10.2 Å². The highest BCUT2D eigenvalue weighted by molar-refractivity contribution is 5.26. The van der Waals surface area contributed by atoms with Crippen LogP contribution in [0.25, 0.3) is 0 Å². The van der Waals surface area contributed by atoms with Gasteiger partial charge in [-0.05, 0) is 35.8 Å². The molecule has 3 nitrogen and oxygen atoms in total. The summed E-state index contributed by atoms with van der Waals surface area (Å²) in [4.78, 5) is 1.29. The van der Waals surface area contributed by atoms with Crippen LogP contribution in [0.3, 0.4) is 0 Å². The standard InChI is InChI=1S/C26H33NO2/c28-22-21-27(20-17-23-11-3-1-4-12-23)19-10-9-18-26(29,25-15-7-8-16-25)24-13-5-2-6-14-24/h1-6,11-14,25,28-29H,7-8,15-22H2/p+1/t26-/m0/s1. The molecule has 0 spiro atoms. The fraction of sp³-hybridized carbons (Fsp3) is 0.462. The molecule has 0 radical (unpaired) electrons. The van der Waals surface area contributed by atoms with Crippen LogP contribution in [-0.4, -0.2) is 36.5 Å². The number of nitrogens with one attached hydrogen (secondary N) is 1. The molecule has 1 fully saturated rings. The van der Waals surface area contributed by atoms with Crippen molar-refractivity contribution in [2.45, 2.75) is 44.1 Å². The molecule has 0 amide bonds. The van der Waals surface area contributed by atoms with Crippen molar-refractivity contribution in [1.82, 2.24) is 0 Å². The molecule has 0 saturated heterocycles. The lowest BCUT2D eigenvalue weighted by Gasteiger charge is -2.33. The van der Waals surface area contributed by atoms with Crippen LogP contribution in [0.15, 0.2) is 60.7 Å². The Kier molecular flexibility index (Phi) is 8.31. The van der Waals surface area contributed by atoms with Gasteiger partial charge in [0.2, 0.25) is 0 Å². The molecule has 2 atom stereocenters. The summed E-state index contributed by atoms with van der Waals surface area (Å²) >= 11 is 0. The molecular weight excluding hydrogens is 358 g/mol. The number of hydrogen-bond acceptors (Lipinski definition) is 2. The summed E-state index contributed by atoms with van der Waals surface area (Å²) in [6.45, 7) is 2.52. The van der Waals surface area contributed by atoms with E-state index in [1.807, 2.05) is 36.4 Å². The van der Waals surface area contributed by atoms with Crippen molar-refractivity contribution in [3.63, 3.8) is 0 Å². The van der Waals surface area contributed by atoms with Crippen LogP contribution < -0.4 is 4.90 Å². The van der Waals surface area contributed by atoms with Crippen molar-refractivity contribution in [2.75, 3.05) is 26.2 Å². The predicted molar refractivity (Wildman–Crippen MR) is 117 cm³/mol. The van der Waals surface area contributed by atoms with Crippen LogP contribution in [0.5, 0.6) is 0 Å². The maximum atomic E-state index is 11.6. The largest absolute Gasteiger partial charge is 0.391 e. The molecule has 3 rings (SSSR count). The second kappa shape index (κ2) is 11.2. The molecule has 0 aromatic heterocycles. The first-order valence-electron chi connectivity index (χ1n) is 10.9. The lowest BCUT2D eigenvalue weighted by Crippen LogP contribution is -3.12. The summed E-state index contributed by atoms with van der Waals surface area (Å²) in [6, 6.07) is 20.5. The number of benzene rings is 2. The minimum absolute atomic E-state index is 0.168. The minimum Gasteiger partial charge on any atom is -0.391 e. The first-order valence-corrected chi connectivity index (χ1v) is 10.9. The van der Waals surface area contributed by atoms with Crippen LogP contribution in [0, 0.1) is 17.8 Å². The lowest BCUT2D eigenvalue weighted by atomic mass is 9.78. The van der Waals surface area contributed by atoms with E-state index in [4.69, 9.17) is 0 Å². The molecular formula is C26H34NO2+. The molecule has 2 aromatic carbocycles. The second-order valence-electron chi connectivity index (χ2n) is 8.19. The Hall–Kier alpha value is -2.12. The van der Waals surface area contributed by atoms with Gasteiger partial charge in [0, 0.05) is 12.8 Å². The van der Waals surface area contributed by atoms with Crippen molar-refractivity contribution in [3.05, 3.63) is 71.8 Å². The molecule has 1 saturated carbocycles. The molecule has 3 heteroatoms. The van der Waals surface area contributed by atoms with Crippen LogP contribution in [-0.2, 0) is 12.0 Å². The van der Waals surface area contributed by atoms with E-state index >= 15 is 0 Å². The zero-order chi connectivity index (χ0) is 20.4. The first kappa shape index (κ1) is 21.6. The van der Waals surface area contributed by atoms with E-state index in [0.29, 0.717) is 19.5 Å². The number of rotatable bonds is 9. The molecule has 0 aliphatic heterocycles. The van der Waals surface area contributed by atoms with Crippen LogP contribution in [0.2, 0.25) is 0 Å². The highest BCUT2D eigenvalue weighted by atomic mass is 16.3. The molecule has 0 heterocycles. The van der Waals surface area contributed by atoms with E-state index in [1.54, 1.807) is 0 Å². The predicted octanol–water partition coefficient (Wildman–Crippen LogP) is 2.58. The molecule has 0 bridgehead atoms. The van der Waals surface area contributed by atoms with Crippen molar-refractivity contribution in [2.24, 2.45) is 5.92 Å². The number of aliphatic hydroxyl groups excluding tert-OH is 1. The third-order valence-electron chi connectivity index (χ3n) is 6.20. The van der Waals surface area contributed by atoms with E-state index in [0.717, 1.165) is 31.4 Å². The Morgan fingerprint density at radius 3 is 2.21 bits per heavy atom. The average molecular weight is 393 g/mol. The average Bonchev–Trinajstić information content (AvgIpc) is 3.32. The highest BCUT2D eigenvalue weighted by Gasteiger charge is 2.39. The van der Waals surface area contributed by atoms with Crippen molar-refractivity contribution in [1.29, 1.82) is 0 Å². The van der Waals surface area contributed by atoms with E-state index in [2.05, 4.69) is 36.1 Å². The second-order valence-corrected chi connectivity index (χ2v) is 8.19.